The Morgan fingerprint density at radius 2 is 2.22 bits per heavy atom. The smallest absolute Gasteiger partial charge is 0.244 e. The summed E-state index contributed by atoms with van der Waals surface area (Å²) in [6, 6.07) is 5.37. The second-order valence-corrected chi connectivity index (χ2v) is 7.67. The van der Waals surface area contributed by atoms with Crippen molar-refractivity contribution in [2.45, 2.75) is 11.4 Å². The first-order valence-corrected chi connectivity index (χ1v) is 8.20. The summed E-state index contributed by atoms with van der Waals surface area (Å²) in [7, 11) is -1.92. The van der Waals surface area contributed by atoms with E-state index in [1.54, 1.807) is 19.3 Å². The summed E-state index contributed by atoms with van der Waals surface area (Å²) < 4.78 is 26.5. The molecule has 0 amide bonds. The monoisotopic (exact) mass is 346 g/mol. The van der Waals surface area contributed by atoms with Crippen molar-refractivity contribution in [2.75, 3.05) is 7.05 Å². The van der Waals surface area contributed by atoms with Crippen LogP contribution < -0.4 is 0 Å². The van der Waals surface area contributed by atoms with Crippen LogP contribution in [0.1, 0.15) is 4.88 Å². The molecular formula is C11H11BrN2O2S2. The molecule has 0 aliphatic rings. The predicted octanol–water partition coefficient (Wildman–Crippen LogP) is 2.73. The van der Waals surface area contributed by atoms with Crippen LogP contribution in [0.2, 0.25) is 0 Å². The van der Waals surface area contributed by atoms with E-state index in [-0.39, 0.29) is 4.90 Å². The summed E-state index contributed by atoms with van der Waals surface area (Å²) >= 11 is 4.76. The van der Waals surface area contributed by atoms with Gasteiger partial charge in [-0.2, -0.15) is 4.31 Å². The highest BCUT2D eigenvalue weighted by Gasteiger charge is 2.21. The van der Waals surface area contributed by atoms with E-state index in [1.807, 2.05) is 17.5 Å². The number of thiophene rings is 1. The van der Waals surface area contributed by atoms with Gasteiger partial charge in [0.1, 0.15) is 4.90 Å². The van der Waals surface area contributed by atoms with E-state index in [4.69, 9.17) is 0 Å². The van der Waals surface area contributed by atoms with Gasteiger partial charge in [-0.25, -0.2) is 8.42 Å². The predicted molar refractivity (Wildman–Crippen MR) is 74.9 cm³/mol. The highest BCUT2D eigenvalue weighted by atomic mass is 79.9. The molecule has 0 N–H and O–H groups in total. The quantitative estimate of drug-likeness (QED) is 0.855. The number of halogens is 1. The van der Waals surface area contributed by atoms with Gasteiger partial charge in [-0.05, 0) is 33.4 Å². The number of pyridine rings is 1. The Labute approximate surface area is 118 Å². The average Bonchev–Trinajstić information content (AvgIpc) is 2.81. The first kappa shape index (κ1) is 13.7. The van der Waals surface area contributed by atoms with E-state index >= 15 is 0 Å². The van der Waals surface area contributed by atoms with Crippen LogP contribution in [0.25, 0.3) is 0 Å². The molecule has 0 atom stereocenters. The molecule has 0 radical (unpaired) electrons. The Kier molecular flexibility index (Phi) is 4.16. The van der Waals surface area contributed by atoms with Gasteiger partial charge in [-0.1, -0.05) is 6.07 Å². The zero-order chi connectivity index (χ0) is 13.2. The topological polar surface area (TPSA) is 50.3 Å². The largest absolute Gasteiger partial charge is 0.262 e. The van der Waals surface area contributed by atoms with Crippen LogP contribution in [-0.2, 0) is 16.6 Å². The molecule has 0 spiro atoms. The van der Waals surface area contributed by atoms with Crippen LogP contribution in [0.4, 0.5) is 0 Å². The number of hydrogen-bond donors (Lipinski definition) is 0. The minimum atomic E-state index is -3.49. The van der Waals surface area contributed by atoms with Crippen LogP contribution in [0.5, 0.6) is 0 Å². The van der Waals surface area contributed by atoms with E-state index < -0.39 is 10.0 Å². The molecule has 0 saturated carbocycles. The zero-order valence-electron chi connectivity index (χ0n) is 9.58. The van der Waals surface area contributed by atoms with Gasteiger partial charge < -0.3 is 0 Å². The maximum absolute atomic E-state index is 12.3. The van der Waals surface area contributed by atoms with Gasteiger partial charge in [0.05, 0.1) is 0 Å². The molecule has 0 aliphatic heterocycles. The first-order chi connectivity index (χ1) is 8.50. The third-order valence-corrected chi connectivity index (χ3v) is 5.41. The minimum Gasteiger partial charge on any atom is -0.262 e. The van der Waals surface area contributed by atoms with Gasteiger partial charge in [-0.3, -0.25) is 4.98 Å². The van der Waals surface area contributed by atoms with Crippen molar-refractivity contribution in [3.05, 3.63) is 45.3 Å². The Morgan fingerprint density at radius 3 is 2.83 bits per heavy atom. The third-order valence-electron chi connectivity index (χ3n) is 2.35. The molecule has 0 unspecified atom stereocenters. The van der Waals surface area contributed by atoms with E-state index in [2.05, 4.69) is 20.9 Å². The fourth-order valence-electron chi connectivity index (χ4n) is 1.42. The van der Waals surface area contributed by atoms with Gasteiger partial charge in [0.15, 0.2) is 0 Å². The second kappa shape index (κ2) is 5.48. The summed E-state index contributed by atoms with van der Waals surface area (Å²) in [5.41, 5.74) is 0. The normalized spacial score (nSPS) is 11.9. The molecule has 0 bridgehead atoms. The van der Waals surface area contributed by atoms with Crippen molar-refractivity contribution in [3.63, 3.8) is 0 Å². The molecule has 0 saturated heterocycles. The zero-order valence-corrected chi connectivity index (χ0v) is 12.8. The lowest BCUT2D eigenvalue weighted by Gasteiger charge is -2.16. The molecule has 0 fully saturated rings. The Bertz CT molecular complexity index is 626. The number of rotatable bonds is 4. The summed E-state index contributed by atoms with van der Waals surface area (Å²) in [6.45, 7) is 0.368. The van der Waals surface area contributed by atoms with Crippen LogP contribution in [0.3, 0.4) is 0 Å². The molecular weight excluding hydrogens is 336 g/mol. The van der Waals surface area contributed by atoms with Crippen LogP contribution in [-0.4, -0.2) is 24.8 Å². The molecule has 4 nitrogen and oxygen atoms in total. The minimum absolute atomic E-state index is 0.191. The number of nitrogens with zero attached hydrogens (tertiary/aromatic N) is 2. The van der Waals surface area contributed by atoms with Gasteiger partial charge in [0.25, 0.3) is 0 Å². The standard InChI is InChI=1S/C11H11BrN2O2S2/c1-14(8-10-3-2-4-17-10)18(15,16)11-5-9(12)6-13-7-11/h2-7H,8H2,1H3. The van der Waals surface area contributed by atoms with Crippen molar-refractivity contribution < 1.29 is 8.42 Å². The van der Waals surface area contributed by atoms with Crippen LogP contribution in [0, 0.1) is 0 Å². The van der Waals surface area contributed by atoms with E-state index in [0.29, 0.717) is 11.0 Å². The Morgan fingerprint density at radius 1 is 1.44 bits per heavy atom. The lowest BCUT2D eigenvalue weighted by atomic mass is 10.5. The van der Waals surface area contributed by atoms with Crippen molar-refractivity contribution in [2.24, 2.45) is 0 Å². The van der Waals surface area contributed by atoms with E-state index in [0.717, 1.165) is 4.88 Å². The molecule has 2 aromatic rings. The van der Waals surface area contributed by atoms with Crippen molar-refractivity contribution in [1.29, 1.82) is 0 Å². The van der Waals surface area contributed by atoms with Gasteiger partial charge in [0, 0.05) is 35.3 Å². The molecule has 7 heteroatoms. The molecule has 18 heavy (non-hydrogen) atoms. The fourth-order valence-corrected chi connectivity index (χ4v) is 3.91. The lowest BCUT2D eigenvalue weighted by Crippen LogP contribution is -2.26. The SMILES string of the molecule is CN(Cc1cccs1)S(=O)(=O)c1cncc(Br)c1. The summed E-state index contributed by atoms with van der Waals surface area (Å²) in [4.78, 5) is 5.07. The molecule has 2 heterocycles. The fraction of sp³-hybridized carbons (Fsp3) is 0.182. The van der Waals surface area contributed by atoms with Crippen molar-refractivity contribution in [1.82, 2.24) is 9.29 Å². The van der Waals surface area contributed by atoms with Crippen LogP contribution in [0.15, 0.2) is 45.3 Å². The highest BCUT2D eigenvalue weighted by molar-refractivity contribution is 9.10. The van der Waals surface area contributed by atoms with Gasteiger partial charge in [-0.15, -0.1) is 11.3 Å². The second-order valence-electron chi connectivity index (χ2n) is 3.68. The maximum Gasteiger partial charge on any atom is 0.244 e. The van der Waals surface area contributed by atoms with E-state index in [9.17, 15) is 8.42 Å². The lowest BCUT2D eigenvalue weighted by molar-refractivity contribution is 0.469. The molecule has 0 aliphatic carbocycles. The van der Waals surface area contributed by atoms with Crippen molar-refractivity contribution in [3.8, 4) is 0 Å². The van der Waals surface area contributed by atoms with Gasteiger partial charge >= 0.3 is 0 Å². The highest BCUT2D eigenvalue weighted by Crippen LogP contribution is 2.20. The van der Waals surface area contributed by atoms with Gasteiger partial charge in [0.2, 0.25) is 10.0 Å². The summed E-state index contributed by atoms with van der Waals surface area (Å²) in [6.07, 6.45) is 2.91. The van der Waals surface area contributed by atoms with Crippen molar-refractivity contribution >= 4 is 37.3 Å². The first-order valence-electron chi connectivity index (χ1n) is 5.09. The van der Waals surface area contributed by atoms with E-state index in [1.165, 1.54) is 21.8 Å². The average molecular weight is 347 g/mol. The third kappa shape index (κ3) is 2.97. The number of aromatic nitrogens is 1. The number of sulfonamides is 1. The maximum atomic E-state index is 12.3. The summed E-state index contributed by atoms with van der Waals surface area (Å²) in [5, 5.41) is 1.93. The van der Waals surface area contributed by atoms with Crippen LogP contribution >= 0.6 is 27.3 Å². The molecule has 2 aromatic heterocycles. The number of hydrogen-bond acceptors (Lipinski definition) is 4. The molecule has 0 aromatic carbocycles. The Hall–Kier alpha value is -0.760. The molecule has 2 rings (SSSR count). The molecule has 96 valence electrons. The Balaban J connectivity index is 2.25. The summed E-state index contributed by atoms with van der Waals surface area (Å²) in [5.74, 6) is 0.